The molecule has 0 atom stereocenters. The summed E-state index contributed by atoms with van der Waals surface area (Å²) in [6, 6.07) is 6.22. The highest BCUT2D eigenvalue weighted by atomic mass is 16.6. The van der Waals surface area contributed by atoms with Gasteiger partial charge in [0, 0.05) is 23.9 Å². The van der Waals surface area contributed by atoms with Gasteiger partial charge in [-0.05, 0) is 12.1 Å². The number of benzene rings is 1. The smallest absolute Gasteiger partial charge is 0.269 e. The standard InChI is InChI=1S/C10H10N4O2/c11-5-10-12-6-9(13-10)7-1-3-8(4-2-7)14(15)16/h1-4,6H,5,11H2,(H,12,13). The van der Waals surface area contributed by atoms with Crippen molar-refractivity contribution in [3.8, 4) is 11.3 Å². The molecule has 1 aromatic carbocycles. The molecule has 0 fully saturated rings. The van der Waals surface area contributed by atoms with Crippen LogP contribution in [0.4, 0.5) is 5.69 Å². The number of hydrogen-bond donors (Lipinski definition) is 2. The maximum Gasteiger partial charge on any atom is 0.269 e. The third-order valence-electron chi connectivity index (χ3n) is 2.20. The molecule has 0 radical (unpaired) electrons. The van der Waals surface area contributed by atoms with E-state index in [-0.39, 0.29) is 5.69 Å². The van der Waals surface area contributed by atoms with Gasteiger partial charge in [-0.25, -0.2) is 4.98 Å². The molecule has 3 N–H and O–H groups in total. The van der Waals surface area contributed by atoms with Gasteiger partial charge in [-0.1, -0.05) is 0 Å². The Morgan fingerprint density at radius 2 is 2.06 bits per heavy atom. The zero-order valence-corrected chi connectivity index (χ0v) is 8.38. The first kappa shape index (κ1) is 10.3. The largest absolute Gasteiger partial charge is 0.347 e. The minimum absolute atomic E-state index is 0.0679. The Morgan fingerprint density at radius 1 is 1.38 bits per heavy atom. The molecule has 82 valence electrons. The number of non-ortho nitro benzene ring substituents is 1. The van der Waals surface area contributed by atoms with Gasteiger partial charge in [0.05, 0.1) is 17.2 Å². The number of rotatable bonds is 3. The van der Waals surface area contributed by atoms with Crippen LogP contribution in [0, 0.1) is 10.1 Å². The van der Waals surface area contributed by atoms with Crippen LogP contribution in [0.25, 0.3) is 11.3 Å². The van der Waals surface area contributed by atoms with E-state index in [1.165, 1.54) is 12.1 Å². The van der Waals surface area contributed by atoms with Crippen LogP contribution in [0.2, 0.25) is 0 Å². The molecule has 0 bridgehead atoms. The summed E-state index contributed by atoms with van der Waals surface area (Å²) in [5, 5.41) is 10.5. The minimum atomic E-state index is -0.431. The molecule has 0 saturated heterocycles. The molecule has 1 heterocycles. The number of nitrogens with zero attached hydrogens (tertiary/aromatic N) is 2. The number of aromatic nitrogens is 2. The third kappa shape index (κ3) is 1.91. The lowest BCUT2D eigenvalue weighted by Gasteiger charge is -1.95. The summed E-state index contributed by atoms with van der Waals surface area (Å²) in [6.45, 7) is 0.340. The first-order chi connectivity index (χ1) is 7.70. The van der Waals surface area contributed by atoms with Crippen molar-refractivity contribution >= 4 is 5.69 Å². The molecule has 6 nitrogen and oxygen atoms in total. The van der Waals surface area contributed by atoms with E-state index in [0.29, 0.717) is 12.4 Å². The van der Waals surface area contributed by atoms with Gasteiger partial charge in [-0.15, -0.1) is 0 Å². The number of nitro benzene ring substituents is 1. The maximum atomic E-state index is 10.5. The summed E-state index contributed by atoms with van der Waals surface area (Å²) in [4.78, 5) is 17.2. The van der Waals surface area contributed by atoms with Crippen molar-refractivity contribution in [1.29, 1.82) is 0 Å². The van der Waals surface area contributed by atoms with Crippen LogP contribution in [-0.2, 0) is 6.54 Å². The van der Waals surface area contributed by atoms with E-state index in [1.54, 1.807) is 18.3 Å². The molecule has 0 saturated carbocycles. The van der Waals surface area contributed by atoms with Crippen LogP contribution in [-0.4, -0.2) is 14.9 Å². The summed E-state index contributed by atoms with van der Waals surface area (Å²) in [7, 11) is 0. The average Bonchev–Trinajstić information content (AvgIpc) is 2.77. The number of imidazole rings is 1. The Kier molecular flexibility index (Phi) is 2.65. The number of aromatic amines is 1. The van der Waals surface area contributed by atoms with Crippen LogP contribution >= 0.6 is 0 Å². The highest BCUT2D eigenvalue weighted by molar-refractivity contribution is 5.60. The van der Waals surface area contributed by atoms with E-state index in [2.05, 4.69) is 9.97 Å². The summed E-state index contributed by atoms with van der Waals surface area (Å²) >= 11 is 0. The zero-order valence-electron chi connectivity index (χ0n) is 8.38. The number of nitrogens with two attached hydrogens (primary N) is 1. The molecule has 2 aromatic rings. The second kappa shape index (κ2) is 4.11. The maximum absolute atomic E-state index is 10.5. The Balaban J connectivity index is 2.30. The van der Waals surface area contributed by atoms with Gasteiger partial charge in [0.25, 0.3) is 5.69 Å². The van der Waals surface area contributed by atoms with E-state index in [1.807, 2.05) is 0 Å². The van der Waals surface area contributed by atoms with Crippen molar-refractivity contribution in [3.63, 3.8) is 0 Å². The topological polar surface area (TPSA) is 97.8 Å². The average molecular weight is 218 g/mol. The van der Waals surface area contributed by atoms with Crippen molar-refractivity contribution in [1.82, 2.24) is 9.97 Å². The van der Waals surface area contributed by atoms with Gasteiger partial charge >= 0.3 is 0 Å². The normalized spacial score (nSPS) is 10.3. The van der Waals surface area contributed by atoms with E-state index in [0.717, 1.165) is 11.3 Å². The summed E-state index contributed by atoms with van der Waals surface area (Å²) in [5.41, 5.74) is 7.04. The second-order valence-corrected chi connectivity index (χ2v) is 3.24. The zero-order chi connectivity index (χ0) is 11.5. The highest BCUT2D eigenvalue weighted by Gasteiger charge is 2.07. The first-order valence-corrected chi connectivity index (χ1v) is 4.70. The van der Waals surface area contributed by atoms with Gasteiger partial charge in [0.1, 0.15) is 5.82 Å². The first-order valence-electron chi connectivity index (χ1n) is 4.70. The molecule has 0 unspecified atom stereocenters. The minimum Gasteiger partial charge on any atom is -0.347 e. The molecule has 0 spiro atoms. The second-order valence-electron chi connectivity index (χ2n) is 3.24. The van der Waals surface area contributed by atoms with E-state index in [9.17, 15) is 10.1 Å². The van der Waals surface area contributed by atoms with Gasteiger partial charge in [-0.3, -0.25) is 10.1 Å². The molecule has 0 aliphatic carbocycles. The summed E-state index contributed by atoms with van der Waals surface area (Å²) in [6.07, 6.45) is 1.73. The molecule has 0 aliphatic heterocycles. The van der Waals surface area contributed by atoms with Crippen molar-refractivity contribution in [2.45, 2.75) is 6.54 Å². The van der Waals surface area contributed by atoms with E-state index >= 15 is 0 Å². The van der Waals surface area contributed by atoms with Crippen LogP contribution in [0.5, 0.6) is 0 Å². The SMILES string of the molecule is NCc1nc(-c2ccc([N+](=O)[O-])cc2)c[nH]1. The molecule has 2 rings (SSSR count). The molecular weight excluding hydrogens is 208 g/mol. The molecular formula is C10H10N4O2. The lowest BCUT2D eigenvalue weighted by atomic mass is 10.1. The molecule has 6 heteroatoms. The Hall–Kier alpha value is -2.21. The monoisotopic (exact) mass is 218 g/mol. The predicted octanol–water partition coefficient (Wildman–Crippen LogP) is 1.44. The number of hydrogen-bond acceptors (Lipinski definition) is 4. The molecule has 1 aromatic heterocycles. The Bertz CT molecular complexity index is 504. The third-order valence-corrected chi connectivity index (χ3v) is 2.20. The molecule has 0 amide bonds. The van der Waals surface area contributed by atoms with Crippen molar-refractivity contribution in [2.75, 3.05) is 0 Å². The van der Waals surface area contributed by atoms with E-state index < -0.39 is 4.92 Å². The van der Waals surface area contributed by atoms with Crippen LogP contribution in [0.1, 0.15) is 5.82 Å². The fraction of sp³-hybridized carbons (Fsp3) is 0.100. The van der Waals surface area contributed by atoms with Gasteiger partial charge < -0.3 is 10.7 Å². The molecule has 0 aliphatic rings. The van der Waals surface area contributed by atoms with Crippen molar-refractivity contribution < 1.29 is 4.92 Å². The lowest BCUT2D eigenvalue weighted by molar-refractivity contribution is -0.384. The van der Waals surface area contributed by atoms with Gasteiger partial charge in [-0.2, -0.15) is 0 Å². The van der Waals surface area contributed by atoms with Crippen LogP contribution < -0.4 is 5.73 Å². The highest BCUT2D eigenvalue weighted by Crippen LogP contribution is 2.20. The van der Waals surface area contributed by atoms with Crippen LogP contribution in [0.15, 0.2) is 30.5 Å². The van der Waals surface area contributed by atoms with Gasteiger partial charge in [0.15, 0.2) is 0 Å². The fourth-order valence-electron chi connectivity index (χ4n) is 1.37. The summed E-state index contributed by atoms with van der Waals surface area (Å²) < 4.78 is 0. The lowest BCUT2D eigenvalue weighted by Crippen LogP contribution is -1.97. The fourth-order valence-corrected chi connectivity index (χ4v) is 1.37. The van der Waals surface area contributed by atoms with Gasteiger partial charge in [0.2, 0.25) is 0 Å². The Morgan fingerprint density at radius 3 is 2.56 bits per heavy atom. The van der Waals surface area contributed by atoms with Crippen LogP contribution in [0.3, 0.4) is 0 Å². The van der Waals surface area contributed by atoms with Crippen molar-refractivity contribution in [2.24, 2.45) is 5.73 Å². The number of nitrogens with one attached hydrogen (secondary N) is 1. The molecule has 16 heavy (non-hydrogen) atoms. The quantitative estimate of drug-likeness (QED) is 0.601. The van der Waals surface area contributed by atoms with Crippen molar-refractivity contribution in [3.05, 3.63) is 46.4 Å². The predicted molar refractivity (Wildman–Crippen MR) is 58.6 cm³/mol. The number of H-pyrrole nitrogens is 1. The summed E-state index contributed by atoms with van der Waals surface area (Å²) in [5.74, 6) is 0.688. The Labute approximate surface area is 91.3 Å². The van der Waals surface area contributed by atoms with E-state index in [4.69, 9.17) is 5.73 Å². The number of nitro groups is 1.